The van der Waals surface area contributed by atoms with Crippen LogP contribution < -0.4 is 0 Å². The Morgan fingerprint density at radius 2 is 1.66 bits per heavy atom. The van der Waals surface area contributed by atoms with Gasteiger partial charge in [0.15, 0.2) is 5.58 Å². The van der Waals surface area contributed by atoms with Gasteiger partial charge in [-0.3, -0.25) is 4.79 Å². The molecule has 0 bridgehead atoms. The Morgan fingerprint density at radius 1 is 0.938 bits per heavy atom. The Labute approximate surface area is 190 Å². The van der Waals surface area contributed by atoms with Crippen molar-refractivity contribution in [1.82, 2.24) is 14.2 Å². The lowest BCUT2D eigenvalue weighted by atomic mass is 10.1. The van der Waals surface area contributed by atoms with Crippen molar-refractivity contribution >= 4 is 49.6 Å². The first-order valence-corrected chi connectivity index (χ1v) is 12.7. The Bertz CT molecular complexity index is 1360. The monoisotopic (exact) mass is 467 g/mol. The fourth-order valence-electron chi connectivity index (χ4n) is 3.78. The molecule has 5 rings (SSSR count). The number of para-hydroxylation sites is 2. The Morgan fingerprint density at radius 3 is 2.44 bits per heavy atom. The third-order valence-corrected chi connectivity index (χ3v) is 8.25. The summed E-state index contributed by atoms with van der Waals surface area (Å²) in [4.78, 5) is 19.0. The zero-order valence-electron chi connectivity index (χ0n) is 17.2. The molecule has 32 heavy (non-hydrogen) atoms. The number of carbonyl (C=O) groups excluding carboxylic acids is 1. The Hall–Kier alpha value is -2.88. The predicted molar refractivity (Wildman–Crippen MR) is 124 cm³/mol. The summed E-state index contributed by atoms with van der Waals surface area (Å²) >= 11 is 1.25. The number of aromatic nitrogens is 1. The van der Waals surface area contributed by atoms with E-state index < -0.39 is 10.0 Å². The minimum atomic E-state index is -3.61. The fourth-order valence-corrected chi connectivity index (χ4v) is 5.98. The maximum absolute atomic E-state index is 13.1. The average molecular weight is 468 g/mol. The molecule has 1 amide bonds. The quantitative estimate of drug-likeness (QED) is 0.417. The van der Waals surface area contributed by atoms with Crippen LogP contribution in [0.2, 0.25) is 0 Å². The second-order valence-electron chi connectivity index (χ2n) is 7.53. The van der Waals surface area contributed by atoms with Gasteiger partial charge in [0.2, 0.25) is 15.9 Å². The van der Waals surface area contributed by atoms with E-state index in [-0.39, 0.29) is 29.6 Å². The summed E-state index contributed by atoms with van der Waals surface area (Å²) in [5, 5.41) is 2.34. The van der Waals surface area contributed by atoms with Gasteiger partial charge in [0.25, 0.3) is 5.22 Å². The predicted octanol–water partition coefficient (Wildman–Crippen LogP) is 3.61. The second kappa shape index (κ2) is 8.57. The number of nitrogens with zero attached hydrogens (tertiary/aromatic N) is 3. The first-order valence-electron chi connectivity index (χ1n) is 10.3. The number of oxazole rings is 1. The van der Waals surface area contributed by atoms with Crippen molar-refractivity contribution in [1.29, 1.82) is 0 Å². The average Bonchev–Trinajstić information content (AvgIpc) is 3.25. The molecule has 1 fully saturated rings. The van der Waals surface area contributed by atoms with Gasteiger partial charge in [0.05, 0.1) is 10.6 Å². The molecule has 1 aliphatic heterocycles. The van der Waals surface area contributed by atoms with E-state index in [1.165, 1.54) is 16.1 Å². The van der Waals surface area contributed by atoms with Gasteiger partial charge in [-0.2, -0.15) is 4.31 Å². The fraction of sp³-hybridized carbons (Fsp3) is 0.217. The number of hydrogen-bond acceptors (Lipinski definition) is 6. The van der Waals surface area contributed by atoms with Crippen LogP contribution in [0, 0.1) is 0 Å². The van der Waals surface area contributed by atoms with E-state index in [1.54, 1.807) is 17.0 Å². The van der Waals surface area contributed by atoms with Crippen molar-refractivity contribution in [3.05, 3.63) is 66.7 Å². The Kier molecular flexibility index (Phi) is 5.62. The number of thioether (sulfide) groups is 1. The van der Waals surface area contributed by atoms with Crippen molar-refractivity contribution in [3.8, 4) is 0 Å². The summed E-state index contributed by atoms with van der Waals surface area (Å²) in [6.45, 7) is 1.27. The highest BCUT2D eigenvalue weighted by Gasteiger charge is 2.30. The summed E-state index contributed by atoms with van der Waals surface area (Å²) < 4.78 is 33.3. The number of benzene rings is 3. The van der Waals surface area contributed by atoms with Gasteiger partial charge in [0.1, 0.15) is 5.52 Å². The SMILES string of the molecule is O=C(CSc1nc2ccccc2o1)N1CCN(S(=O)(=O)c2ccc3ccccc3c2)CC1. The lowest BCUT2D eigenvalue weighted by Crippen LogP contribution is -2.50. The molecule has 0 unspecified atom stereocenters. The number of hydrogen-bond donors (Lipinski definition) is 0. The number of carbonyl (C=O) groups is 1. The number of fused-ring (bicyclic) bond motifs is 2. The van der Waals surface area contributed by atoms with E-state index >= 15 is 0 Å². The van der Waals surface area contributed by atoms with Crippen LogP contribution in [0.4, 0.5) is 0 Å². The zero-order chi connectivity index (χ0) is 22.1. The number of sulfonamides is 1. The van der Waals surface area contributed by atoms with Crippen LogP contribution in [-0.2, 0) is 14.8 Å². The van der Waals surface area contributed by atoms with Gasteiger partial charge >= 0.3 is 0 Å². The van der Waals surface area contributed by atoms with Crippen LogP contribution >= 0.6 is 11.8 Å². The van der Waals surface area contributed by atoms with Crippen LogP contribution in [0.25, 0.3) is 21.9 Å². The first kappa shape index (κ1) is 21.0. The number of rotatable bonds is 5. The van der Waals surface area contributed by atoms with Crippen LogP contribution in [-0.4, -0.2) is 60.4 Å². The molecule has 1 aliphatic rings. The number of piperazine rings is 1. The maximum Gasteiger partial charge on any atom is 0.257 e. The lowest BCUT2D eigenvalue weighted by molar-refractivity contribution is -0.129. The standard InChI is InChI=1S/C23H21N3O4S2/c27-22(16-31-23-24-20-7-3-4-8-21(20)30-23)25-11-13-26(14-12-25)32(28,29)19-10-9-17-5-1-2-6-18(17)15-19/h1-10,15H,11-14,16H2. The highest BCUT2D eigenvalue weighted by atomic mass is 32.2. The van der Waals surface area contributed by atoms with Gasteiger partial charge in [-0.1, -0.05) is 54.2 Å². The van der Waals surface area contributed by atoms with E-state index in [0.29, 0.717) is 23.9 Å². The smallest absolute Gasteiger partial charge is 0.257 e. The molecule has 0 saturated carbocycles. The van der Waals surface area contributed by atoms with Crippen LogP contribution in [0.1, 0.15) is 0 Å². The highest BCUT2D eigenvalue weighted by molar-refractivity contribution is 7.99. The summed E-state index contributed by atoms with van der Waals surface area (Å²) in [7, 11) is -3.61. The summed E-state index contributed by atoms with van der Waals surface area (Å²) in [6.07, 6.45) is 0. The molecule has 0 atom stereocenters. The normalized spacial score (nSPS) is 15.4. The van der Waals surface area contributed by atoms with E-state index in [1.807, 2.05) is 54.6 Å². The number of amides is 1. The molecule has 164 valence electrons. The molecule has 9 heteroatoms. The molecule has 7 nitrogen and oxygen atoms in total. The minimum absolute atomic E-state index is 0.0555. The van der Waals surface area contributed by atoms with Gasteiger partial charge < -0.3 is 9.32 Å². The largest absolute Gasteiger partial charge is 0.431 e. The third kappa shape index (κ3) is 4.11. The molecule has 1 saturated heterocycles. The van der Waals surface area contributed by atoms with Crippen molar-refractivity contribution in [2.75, 3.05) is 31.9 Å². The zero-order valence-corrected chi connectivity index (χ0v) is 18.8. The molecule has 2 heterocycles. The van der Waals surface area contributed by atoms with Crippen LogP contribution in [0.5, 0.6) is 0 Å². The molecule has 0 radical (unpaired) electrons. The lowest BCUT2D eigenvalue weighted by Gasteiger charge is -2.34. The van der Waals surface area contributed by atoms with Gasteiger partial charge in [0, 0.05) is 26.2 Å². The van der Waals surface area contributed by atoms with E-state index in [2.05, 4.69) is 4.98 Å². The van der Waals surface area contributed by atoms with E-state index in [9.17, 15) is 13.2 Å². The van der Waals surface area contributed by atoms with Crippen LogP contribution in [0.3, 0.4) is 0 Å². The molecule has 1 aromatic heterocycles. The first-order chi connectivity index (χ1) is 15.5. The van der Waals surface area contributed by atoms with Gasteiger partial charge in [-0.25, -0.2) is 13.4 Å². The second-order valence-corrected chi connectivity index (χ2v) is 10.4. The topological polar surface area (TPSA) is 83.7 Å². The van der Waals surface area contributed by atoms with Crippen molar-refractivity contribution in [2.24, 2.45) is 0 Å². The van der Waals surface area contributed by atoms with Crippen molar-refractivity contribution in [2.45, 2.75) is 10.1 Å². The highest BCUT2D eigenvalue weighted by Crippen LogP contribution is 2.25. The Balaban J connectivity index is 1.20. The summed E-state index contributed by atoms with van der Waals surface area (Å²) in [5.74, 6) is 0.143. The summed E-state index contributed by atoms with van der Waals surface area (Å²) in [6, 6.07) is 20.3. The van der Waals surface area contributed by atoms with Crippen LogP contribution in [0.15, 0.2) is 81.3 Å². The molecular formula is C23H21N3O4S2. The minimum Gasteiger partial charge on any atom is -0.431 e. The molecule has 0 N–H and O–H groups in total. The third-order valence-electron chi connectivity index (χ3n) is 5.54. The molecule has 4 aromatic rings. The summed E-state index contributed by atoms with van der Waals surface area (Å²) in [5.41, 5.74) is 1.45. The van der Waals surface area contributed by atoms with Gasteiger partial charge in [-0.05, 0) is 35.0 Å². The molecule has 0 spiro atoms. The van der Waals surface area contributed by atoms with E-state index in [4.69, 9.17) is 4.42 Å². The van der Waals surface area contributed by atoms with Crippen molar-refractivity contribution < 1.29 is 17.6 Å². The molecule has 0 aliphatic carbocycles. The van der Waals surface area contributed by atoms with Gasteiger partial charge in [-0.15, -0.1) is 0 Å². The molecule has 3 aromatic carbocycles. The molecular weight excluding hydrogens is 446 g/mol. The maximum atomic E-state index is 13.1. The van der Waals surface area contributed by atoms with Crippen molar-refractivity contribution in [3.63, 3.8) is 0 Å². The van der Waals surface area contributed by atoms with E-state index in [0.717, 1.165) is 16.3 Å².